The van der Waals surface area contributed by atoms with Gasteiger partial charge in [0.2, 0.25) is 0 Å². The Morgan fingerprint density at radius 3 is 2.75 bits per heavy atom. The smallest absolute Gasteiger partial charge is 0.274 e. The molecule has 0 bridgehead atoms. The van der Waals surface area contributed by atoms with E-state index < -0.39 is 0 Å². The normalized spacial score (nSPS) is 14.5. The van der Waals surface area contributed by atoms with E-state index in [0.717, 1.165) is 42.0 Å². The first kappa shape index (κ1) is 16.5. The number of carbonyl (C=O) groups is 1. The molecule has 1 aliphatic heterocycles. The van der Waals surface area contributed by atoms with Gasteiger partial charge in [0.05, 0.1) is 0 Å². The van der Waals surface area contributed by atoms with Crippen molar-refractivity contribution in [3.63, 3.8) is 0 Å². The molecule has 1 aromatic carbocycles. The summed E-state index contributed by atoms with van der Waals surface area (Å²) in [7, 11) is 0. The van der Waals surface area contributed by atoms with E-state index in [-0.39, 0.29) is 5.91 Å². The van der Waals surface area contributed by atoms with Crippen molar-refractivity contribution in [2.24, 2.45) is 0 Å². The summed E-state index contributed by atoms with van der Waals surface area (Å²) in [6, 6.07) is 10.0. The number of rotatable bonds is 4. The molecular formula is C20H25N3O. The fraction of sp³-hybridized carbons (Fsp3) is 0.400. The third kappa shape index (κ3) is 3.58. The van der Waals surface area contributed by atoms with Crippen LogP contribution in [0.4, 0.5) is 11.4 Å². The van der Waals surface area contributed by atoms with Crippen molar-refractivity contribution in [2.45, 2.75) is 39.5 Å². The van der Waals surface area contributed by atoms with Crippen LogP contribution in [0.3, 0.4) is 0 Å². The summed E-state index contributed by atoms with van der Waals surface area (Å²) < 4.78 is 0. The van der Waals surface area contributed by atoms with Crippen LogP contribution in [0.2, 0.25) is 0 Å². The molecule has 0 saturated carbocycles. The first-order valence-electron chi connectivity index (χ1n) is 8.80. The number of nitrogens with one attached hydrogen (secondary N) is 1. The van der Waals surface area contributed by atoms with E-state index in [1.165, 1.54) is 19.3 Å². The molecule has 1 fully saturated rings. The summed E-state index contributed by atoms with van der Waals surface area (Å²) in [5.74, 6) is -0.141. The largest absolute Gasteiger partial charge is 0.371 e. The van der Waals surface area contributed by atoms with Gasteiger partial charge in [-0.15, -0.1) is 0 Å². The predicted molar refractivity (Wildman–Crippen MR) is 98.8 cm³/mol. The number of para-hydroxylation sites is 1. The Kier molecular flexibility index (Phi) is 5.14. The molecule has 2 aromatic rings. The second kappa shape index (κ2) is 7.47. The molecule has 1 aliphatic rings. The van der Waals surface area contributed by atoms with Crippen LogP contribution in [-0.4, -0.2) is 24.0 Å². The Morgan fingerprint density at radius 2 is 2.00 bits per heavy atom. The highest BCUT2D eigenvalue weighted by Gasteiger charge is 2.15. The lowest BCUT2D eigenvalue weighted by atomic mass is 10.1. The fourth-order valence-corrected chi connectivity index (χ4v) is 3.27. The molecule has 0 unspecified atom stereocenters. The number of nitrogens with zero attached hydrogens (tertiary/aromatic N) is 2. The number of pyridine rings is 1. The molecule has 0 aliphatic carbocycles. The van der Waals surface area contributed by atoms with Gasteiger partial charge in [0, 0.05) is 30.7 Å². The van der Waals surface area contributed by atoms with Crippen LogP contribution in [0.1, 0.15) is 47.8 Å². The lowest BCUT2D eigenvalue weighted by molar-refractivity contribution is 0.102. The number of aryl methyl sites for hydroxylation is 2. The van der Waals surface area contributed by atoms with Crippen LogP contribution in [0.25, 0.3) is 0 Å². The Bertz CT molecular complexity index is 721. The summed E-state index contributed by atoms with van der Waals surface area (Å²) in [6.45, 7) is 6.23. The van der Waals surface area contributed by atoms with E-state index in [1.807, 2.05) is 31.2 Å². The number of anilines is 2. The van der Waals surface area contributed by atoms with Gasteiger partial charge >= 0.3 is 0 Å². The van der Waals surface area contributed by atoms with Gasteiger partial charge in [0.25, 0.3) is 5.91 Å². The van der Waals surface area contributed by atoms with Crippen LogP contribution in [0, 0.1) is 6.92 Å². The molecule has 0 spiro atoms. The van der Waals surface area contributed by atoms with Gasteiger partial charge in [-0.2, -0.15) is 0 Å². The van der Waals surface area contributed by atoms with Crippen molar-refractivity contribution in [1.82, 2.24) is 4.98 Å². The Hall–Kier alpha value is -2.36. The van der Waals surface area contributed by atoms with Gasteiger partial charge in [-0.3, -0.25) is 9.78 Å². The highest BCUT2D eigenvalue weighted by atomic mass is 16.1. The summed E-state index contributed by atoms with van der Waals surface area (Å²) in [4.78, 5) is 19.3. The van der Waals surface area contributed by atoms with Crippen molar-refractivity contribution >= 4 is 17.3 Å². The van der Waals surface area contributed by atoms with Crippen molar-refractivity contribution in [3.8, 4) is 0 Å². The number of hydrogen-bond donors (Lipinski definition) is 1. The molecule has 1 amide bonds. The van der Waals surface area contributed by atoms with Gasteiger partial charge in [0.15, 0.2) is 0 Å². The van der Waals surface area contributed by atoms with Gasteiger partial charge in [-0.1, -0.05) is 25.1 Å². The summed E-state index contributed by atoms with van der Waals surface area (Å²) in [5, 5.41) is 3.06. The Morgan fingerprint density at radius 1 is 1.21 bits per heavy atom. The fourth-order valence-electron chi connectivity index (χ4n) is 3.27. The van der Waals surface area contributed by atoms with E-state index in [0.29, 0.717) is 5.69 Å². The van der Waals surface area contributed by atoms with Gasteiger partial charge < -0.3 is 10.2 Å². The third-order valence-corrected chi connectivity index (χ3v) is 4.68. The molecular weight excluding hydrogens is 298 g/mol. The van der Waals surface area contributed by atoms with Crippen LogP contribution in [-0.2, 0) is 6.42 Å². The number of benzene rings is 1. The summed E-state index contributed by atoms with van der Waals surface area (Å²) in [5.41, 5.74) is 4.71. The maximum absolute atomic E-state index is 12.7. The van der Waals surface area contributed by atoms with E-state index in [4.69, 9.17) is 0 Å². The summed E-state index contributed by atoms with van der Waals surface area (Å²) >= 11 is 0. The van der Waals surface area contributed by atoms with Crippen LogP contribution >= 0.6 is 0 Å². The van der Waals surface area contributed by atoms with E-state index in [9.17, 15) is 4.79 Å². The van der Waals surface area contributed by atoms with E-state index in [2.05, 4.69) is 28.2 Å². The van der Waals surface area contributed by atoms with E-state index >= 15 is 0 Å². The number of piperidine rings is 1. The molecule has 2 heterocycles. The number of hydrogen-bond acceptors (Lipinski definition) is 3. The molecule has 1 N–H and O–H groups in total. The zero-order valence-corrected chi connectivity index (χ0v) is 14.5. The minimum Gasteiger partial charge on any atom is -0.371 e. The topological polar surface area (TPSA) is 45.2 Å². The van der Waals surface area contributed by atoms with Gasteiger partial charge in [0.1, 0.15) is 5.69 Å². The van der Waals surface area contributed by atoms with Crippen molar-refractivity contribution in [2.75, 3.05) is 23.3 Å². The molecule has 4 heteroatoms. The minimum atomic E-state index is -0.141. The molecule has 4 nitrogen and oxygen atoms in total. The molecule has 0 atom stereocenters. The average molecular weight is 323 g/mol. The number of carbonyl (C=O) groups excluding carboxylic acids is 1. The standard InChI is InChI=1S/C20H25N3O/c1-3-16-9-7-8-15(2)19(16)22-20(24)18-14-17(10-11-21-18)23-12-5-4-6-13-23/h7-11,14H,3-6,12-13H2,1-2H3,(H,22,24). The SMILES string of the molecule is CCc1cccc(C)c1NC(=O)c1cc(N2CCCCC2)ccn1. The highest BCUT2D eigenvalue weighted by molar-refractivity contribution is 6.04. The predicted octanol–water partition coefficient (Wildman–Crippen LogP) is 4.20. The molecule has 24 heavy (non-hydrogen) atoms. The maximum Gasteiger partial charge on any atom is 0.274 e. The third-order valence-electron chi connectivity index (χ3n) is 4.68. The first-order valence-corrected chi connectivity index (χ1v) is 8.80. The van der Waals surface area contributed by atoms with E-state index in [1.54, 1.807) is 6.20 Å². The maximum atomic E-state index is 12.7. The van der Waals surface area contributed by atoms with Crippen molar-refractivity contribution in [1.29, 1.82) is 0 Å². The molecule has 1 aromatic heterocycles. The van der Waals surface area contributed by atoms with Crippen molar-refractivity contribution in [3.05, 3.63) is 53.3 Å². The zero-order valence-electron chi connectivity index (χ0n) is 14.5. The Labute approximate surface area is 143 Å². The summed E-state index contributed by atoms with van der Waals surface area (Å²) in [6.07, 6.45) is 6.35. The number of aromatic nitrogens is 1. The second-order valence-corrected chi connectivity index (χ2v) is 6.36. The lowest BCUT2D eigenvalue weighted by Crippen LogP contribution is -2.29. The zero-order chi connectivity index (χ0) is 16.9. The Balaban J connectivity index is 1.81. The molecule has 3 rings (SSSR count). The monoisotopic (exact) mass is 323 g/mol. The second-order valence-electron chi connectivity index (χ2n) is 6.36. The lowest BCUT2D eigenvalue weighted by Gasteiger charge is -2.28. The molecule has 0 radical (unpaired) electrons. The van der Waals surface area contributed by atoms with Crippen LogP contribution in [0.5, 0.6) is 0 Å². The van der Waals surface area contributed by atoms with Gasteiger partial charge in [-0.05, 0) is 55.9 Å². The highest BCUT2D eigenvalue weighted by Crippen LogP contribution is 2.23. The first-order chi connectivity index (χ1) is 11.7. The molecule has 1 saturated heterocycles. The molecule has 126 valence electrons. The van der Waals surface area contributed by atoms with Crippen LogP contribution in [0.15, 0.2) is 36.5 Å². The van der Waals surface area contributed by atoms with Gasteiger partial charge in [-0.25, -0.2) is 0 Å². The van der Waals surface area contributed by atoms with Crippen molar-refractivity contribution < 1.29 is 4.79 Å². The minimum absolute atomic E-state index is 0.141. The average Bonchev–Trinajstić information content (AvgIpc) is 2.64. The quantitative estimate of drug-likeness (QED) is 0.917. The number of amides is 1. The van der Waals surface area contributed by atoms with Crippen LogP contribution < -0.4 is 10.2 Å².